The number of nitro benzene ring substituents is 1. The van der Waals surface area contributed by atoms with Gasteiger partial charge in [0.05, 0.1) is 10.5 Å². The second kappa shape index (κ2) is 6.32. The molecular weight excluding hydrogens is 275 g/mol. The van der Waals surface area contributed by atoms with Crippen LogP contribution in [-0.2, 0) is 6.61 Å². The van der Waals surface area contributed by atoms with Crippen molar-refractivity contribution < 1.29 is 14.1 Å². The van der Waals surface area contributed by atoms with Gasteiger partial charge in [-0.1, -0.05) is 18.2 Å². The Morgan fingerprint density at radius 1 is 1.33 bits per heavy atom. The molecule has 0 saturated carbocycles. The van der Waals surface area contributed by atoms with Gasteiger partial charge in [0.15, 0.2) is 11.6 Å². The summed E-state index contributed by atoms with van der Waals surface area (Å²) >= 11 is 0. The molecule has 0 aliphatic heterocycles. The van der Waals surface area contributed by atoms with Gasteiger partial charge in [-0.15, -0.1) is 0 Å². The molecule has 1 unspecified atom stereocenters. The molecular formula is C15H15FN2O3. The molecule has 1 atom stereocenters. The standard InChI is InChI=1S/C15H15FN2O3/c1-10(17)11-6-7-15(13(16)8-11)21-9-12-4-2-3-5-14(12)18(19)20/h2-8,10H,9,17H2,1H3. The fraction of sp³-hybridized carbons (Fsp3) is 0.200. The highest BCUT2D eigenvalue weighted by atomic mass is 19.1. The van der Waals surface area contributed by atoms with Crippen LogP contribution >= 0.6 is 0 Å². The lowest BCUT2D eigenvalue weighted by molar-refractivity contribution is -0.385. The van der Waals surface area contributed by atoms with E-state index in [0.29, 0.717) is 11.1 Å². The summed E-state index contributed by atoms with van der Waals surface area (Å²) < 4.78 is 19.2. The molecule has 2 aromatic carbocycles. The number of hydrogen-bond donors (Lipinski definition) is 1. The molecule has 2 aromatic rings. The molecule has 0 spiro atoms. The number of ether oxygens (including phenoxy) is 1. The number of nitrogens with two attached hydrogens (primary N) is 1. The molecule has 2 N–H and O–H groups in total. The van der Waals surface area contributed by atoms with Crippen LogP contribution in [0.3, 0.4) is 0 Å². The quantitative estimate of drug-likeness (QED) is 0.676. The van der Waals surface area contributed by atoms with E-state index in [-0.39, 0.29) is 24.1 Å². The van der Waals surface area contributed by atoms with Crippen molar-refractivity contribution in [3.63, 3.8) is 0 Å². The van der Waals surface area contributed by atoms with E-state index < -0.39 is 10.7 Å². The Bertz CT molecular complexity index is 659. The average Bonchev–Trinajstić information content (AvgIpc) is 2.46. The first kappa shape index (κ1) is 14.9. The molecule has 110 valence electrons. The monoisotopic (exact) mass is 290 g/mol. The molecule has 21 heavy (non-hydrogen) atoms. The summed E-state index contributed by atoms with van der Waals surface area (Å²) in [4.78, 5) is 10.4. The van der Waals surface area contributed by atoms with Crippen LogP contribution in [0, 0.1) is 15.9 Å². The van der Waals surface area contributed by atoms with Crippen molar-refractivity contribution in [3.05, 3.63) is 69.5 Å². The van der Waals surface area contributed by atoms with E-state index in [1.54, 1.807) is 31.2 Å². The minimum atomic E-state index is -0.539. The maximum atomic E-state index is 13.9. The Balaban J connectivity index is 2.15. The number of nitro groups is 1. The second-order valence-corrected chi connectivity index (χ2v) is 4.65. The van der Waals surface area contributed by atoms with Crippen molar-refractivity contribution in [2.45, 2.75) is 19.6 Å². The maximum Gasteiger partial charge on any atom is 0.276 e. The van der Waals surface area contributed by atoms with E-state index in [4.69, 9.17) is 10.5 Å². The van der Waals surface area contributed by atoms with Gasteiger partial charge in [0.1, 0.15) is 6.61 Å². The van der Waals surface area contributed by atoms with E-state index in [1.807, 2.05) is 0 Å². The van der Waals surface area contributed by atoms with Gasteiger partial charge < -0.3 is 10.5 Å². The minimum Gasteiger partial charge on any atom is -0.486 e. The van der Waals surface area contributed by atoms with Gasteiger partial charge in [-0.25, -0.2) is 4.39 Å². The summed E-state index contributed by atoms with van der Waals surface area (Å²) in [6.45, 7) is 1.67. The molecule has 0 aromatic heterocycles. The Kier molecular flexibility index (Phi) is 4.49. The molecule has 0 fully saturated rings. The van der Waals surface area contributed by atoms with Gasteiger partial charge in [0.25, 0.3) is 5.69 Å². The van der Waals surface area contributed by atoms with Crippen LogP contribution in [0.1, 0.15) is 24.1 Å². The topological polar surface area (TPSA) is 78.4 Å². The van der Waals surface area contributed by atoms with Crippen molar-refractivity contribution >= 4 is 5.69 Å². The van der Waals surface area contributed by atoms with Crippen LogP contribution in [0.2, 0.25) is 0 Å². The third-order valence-electron chi connectivity index (χ3n) is 3.05. The number of hydrogen-bond acceptors (Lipinski definition) is 4. The van der Waals surface area contributed by atoms with Gasteiger partial charge in [-0.2, -0.15) is 0 Å². The Hall–Kier alpha value is -2.47. The third-order valence-corrected chi connectivity index (χ3v) is 3.05. The van der Waals surface area contributed by atoms with Crippen LogP contribution < -0.4 is 10.5 Å². The Labute approximate surface area is 121 Å². The van der Waals surface area contributed by atoms with E-state index in [0.717, 1.165) is 0 Å². The van der Waals surface area contributed by atoms with E-state index in [1.165, 1.54) is 18.2 Å². The summed E-state index contributed by atoms with van der Waals surface area (Å²) in [7, 11) is 0. The molecule has 0 aliphatic rings. The zero-order chi connectivity index (χ0) is 15.4. The number of halogens is 1. The first-order valence-corrected chi connectivity index (χ1v) is 6.39. The Morgan fingerprint density at radius 2 is 2.05 bits per heavy atom. The summed E-state index contributed by atoms with van der Waals surface area (Å²) in [6, 6.07) is 10.4. The molecule has 0 bridgehead atoms. The molecule has 0 heterocycles. The average molecular weight is 290 g/mol. The lowest BCUT2D eigenvalue weighted by atomic mass is 10.1. The molecule has 2 rings (SSSR count). The van der Waals surface area contributed by atoms with Gasteiger partial charge >= 0.3 is 0 Å². The highest BCUT2D eigenvalue weighted by Crippen LogP contribution is 2.24. The van der Waals surface area contributed by atoms with Gasteiger partial charge in [-0.05, 0) is 30.7 Å². The Morgan fingerprint density at radius 3 is 2.67 bits per heavy atom. The van der Waals surface area contributed by atoms with Crippen LogP contribution in [0.15, 0.2) is 42.5 Å². The maximum absolute atomic E-state index is 13.9. The van der Waals surface area contributed by atoms with E-state index in [2.05, 4.69) is 0 Å². The summed E-state index contributed by atoms with van der Waals surface area (Å²) in [6.07, 6.45) is 0. The largest absolute Gasteiger partial charge is 0.486 e. The van der Waals surface area contributed by atoms with E-state index in [9.17, 15) is 14.5 Å². The predicted octanol–water partition coefficient (Wildman–Crippen LogP) is 3.33. The highest BCUT2D eigenvalue weighted by Gasteiger charge is 2.14. The minimum absolute atomic E-state index is 0.0394. The SMILES string of the molecule is CC(N)c1ccc(OCc2ccccc2[N+](=O)[O-])c(F)c1. The summed E-state index contributed by atoms with van der Waals surface area (Å²) in [5.74, 6) is -0.499. The van der Waals surface area contributed by atoms with Crippen molar-refractivity contribution in [1.29, 1.82) is 0 Å². The fourth-order valence-electron chi connectivity index (χ4n) is 1.88. The van der Waals surface area contributed by atoms with Crippen molar-refractivity contribution in [3.8, 4) is 5.75 Å². The molecule has 0 amide bonds. The second-order valence-electron chi connectivity index (χ2n) is 4.65. The molecule has 5 nitrogen and oxygen atoms in total. The van der Waals surface area contributed by atoms with Crippen LogP contribution in [0.5, 0.6) is 5.75 Å². The van der Waals surface area contributed by atoms with Crippen LogP contribution in [0.25, 0.3) is 0 Å². The molecule has 0 saturated heterocycles. The molecule has 0 radical (unpaired) electrons. The lowest BCUT2D eigenvalue weighted by Gasteiger charge is -2.10. The fourth-order valence-corrected chi connectivity index (χ4v) is 1.88. The molecule has 0 aliphatic carbocycles. The molecule has 6 heteroatoms. The lowest BCUT2D eigenvalue weighted by Crippen LogP contribution is -2.06. The van der Waals surface area contributed by atoms with Crippen LogP contribution in [-0.4, -0.2) is 4.92 Å². The van der Waals surface area contributed by atoms with Crippen molar-refractivity contribution in [2.24, 2.45) is 5.73 Å². The van der Waals surface area contributed by atoms with Crippen LogP contribution in [0.4, 0.5) is 10.1 Å². The summed E-state index contributed by atoms with van der Waals surface area (Å²) in [5, 5.41) is 10.9. The normalized spacial score (nSPS) is 12.0. The van der Waals surface area contributed by atoms with E-state index >= 15 is 0 Å². The first-order valence-electron chi connectivity index (χ1n) is 6.39. The van der Waals surface area contributed by atoms with Gasteiger partial charge in [-0.3, -0.25) is 10.1 Å². The zero-order valence-corrected chi connectivity index (χ0v) is 11.5. The number of benzene rings is 2. The van der Waals surface area contributed by atoms with Crippen molar-refractivity contribution in [1.82, 2.24) is 0 Å². The van der Waals surface area contributed by atoms with Gasteiger partial charge in [0.2, 0.25) is 0 Å². The number of rotatable bonds is 5. The number of para-hydroxylation sites is 1. The first-order chi connectivity index (χ1) is 9.99. The third kappa shape index (κ3) is 3.55. The van der Waals surface area contributed by atoms with Gasteiger partial charge in [0, 0.05) is 12.1 Å². The number of nitrogens with zero attached hydrogens (tertiary/aromatic N) is 1. The predicted molar refractivity (Wildman–Crippen MR) is 76.4 cm³/mol. The summed E-state index contributed by atoms with van der Waals surface area (Å²) in [5.41, 5.74) is 6.66. The van der Waals surface area contributed by atoms with Crippen molar-refractivity contribution in [2.75, 3.05) is 0 Å². The highest BCUT2D eigenvalue weighted by molar-refractivity contribution is 5.40. The zero-order valence-electron chi connectivity index (χ0n) is 11.5. The smallest absolute Gasteiger partial charge is 0.276 e.